The summed E-state index contributed by atoms with van der Waals surface area (Å²) in [5.41, 5.74) is 4.26. The highest BCUT2D eigenvalue weighted by Crippen LogP contribution is 2.44. The van der Waals surface area contributed by atoms with Crippen molar-refractivity contribution >= 4 is 12.1 Å². The minimum absolute atomic E-state index is 0.0435. The second-order valence-corrected chi connectivity index (χ2v) is 6.80. The number of carboxylic acids is 1. The standard InChI is InChI=1S/C20H19NO6/c22-16-9-21(17(18(16)23)19(24)25)20(26)27-10-15-13-7-3-1-5-11(13)12-6-2-4-8-14(12)15/h1-8,15-18,22-23H,9-10H2,(H,24,25)/t16-,17-,18-/m1/s1. The Balaban J connectivity index is 1.54. The number of ether oxygens (including phenoxy) is 1. The van der Waals surface area contributed by atoms with Gasteiger partial charge in [-0.25, -0.2) is 9.59 Å². The largest absolute Gasteiger partial charge is 0.480 e. The number of nitrogens with zero attached hydrogens (tertiary/aromatic N) is 1. The summed E-state index contributed by atoms with van der Waals surface area (Å²) in [6, 6.07) is 14.2. The summed E-state index contributed by atoms with van der Waals surface area (Å²) < 4.78 is 5.40. The van der Waals surface area contributed by atoms with Crippen LogP contribution in [0.2, 0.25) is 0 Å². The van der Waals surface area contributed by atoms with Crippen LogP contribution in [0.25, 0.3) is 11.1 Å². The predicted octanol–water partition coefficient (Wildman–Crippen LogP) is 1.43. The van der Waals surface area contributed by atoms with E-state index in [0.29, 0.717) is 0 Å². The highest BCUT2D eigenvalue weighted by molar-refractivity contribution is 5.82. The number of hydrogen-bond donors (Lipinski definition) is 3. The molecule has 2 aromatic rings. The smallest absolute Gasteiger partial charge is 0.410 e. The van der Waals surface area contributed by atoms with Gasteiger partial charge in [-0.05, 0) is 22.3 Å². The van der Waals surface area contributed by atoms with E-state index in [0.717, 1.165) is 27.2 Å². The molecule has 0 saturated carbocycles. The Bertz CT molecular complexity index is 852. The molecule has 7 nitrogen and oxygen atoms in total. The molecule has 1 aliphatic heterocycles. The van der Waals surface area contributed by atoms with Gasteiger partial charge in [-0.3, -0.25) is 4.90 Å². The number of carbonyl (C=O) groups is 2. The van der Waals surface area contributed by atoms with Gasteiger partial charge in [0.05, 0.1) is 6.54 Å². The highest BCUT2D eigenvalue weighted by atomic mass is 16.6. The summed E-state index contributed by atoms with van der Waals surface area (Å²) >= 11 is 0. The van der Waals surface area contributed by atoms with Gasteiger partial charge in [0.1, 0.15) is 18.8 Å². The highest BCUT2D eigenvalue weighted by Gasteiger charge is 2.47. The Kier molecular flexibility index (Phi) is 4.33. The summed E-state index contributed by atoms with van der Waals surface area (Å²) in [4.78, 5) is 24.7. The molecule has 3 atom stereocenters. The Morgan fingerprint density at radius 1 is 1.00 bits per heavy atom. The zero-order valence-corrected chi connectivity index (χ0v) is 14.4. The van der Waals surface area contributed by atoms with Gasteiger partial charge in [-0.2, -0.15) is 0 Å². The van der Waals surface area contributed by atoms with E-state index in [-0.39, 0.29) is 19.1 Å². The summed E-state index contributed by atoms with van der Waals surface area (Å²) in [6.07, 6.45) is -3.71. The van der Waals surface area contributed by atoms with E-state index >= 15 is 0 Å². The molecule has 1 fully saturated rings. The van der Waals surface area contributed by atoms with E-state index in [4.69, 9.17) is 4.74 Å². The number of carboxylic acid groups (broad SMARTS) is 1. The average molecular weight is 369 g/mol. The maximum Gasteiger partial charge on any atom is 0.410 e. The van der Waals surface area contributed by atoms with E-state index in [1.807, 2.05) is 48.5 Å². The first-order chi connectivity index (χ1) is 13.0. The molecule has 140 valence electrons. The Morgan fingerprint density at radius 2 is 1.56 bits per heavy atom. The molecule has 1 heterocycles. The first kappa shape index (κ1) is 17.5. The van der Waals surface area contributed by atoms with Crippen LogP contribution in [0.3, 0.4) is 0 Å². The van der Waals surface area contributed by atoms with Crippen molar-refractivity contribution < 1.29 is 29.6 Å². The van der Waals surface area contributed by atoms with Crippen LogP contribution in [0.4, 0.5) is 4.79 Å². The van der Waals surface area contributed by atoms with Crippen LogP contribution in [0.1, 0.15) is 17.0 Å². The molecule has 3 N–H and O–H groups in total. The molecule has 1 saturated heterocycles. The monoisotopic (exact) mass is 369 g/mol. The second-order valence-electron chi connectivity index (χ2n) is 6.80. The third-order valence-corrected chi connectivity index (χ3v) is 5.26. The van der Waals surface area contributed by atoms with Crippen LogP contribution in [-0.2, 0) is 9.53 Å². The number of rotatable bonds is 3. The topological polar surface area (TPSA) is 107 Å². The van der Waals surface area contributed by atoms with Crippen molar-refractivity contribution in [3.8, 4) is 11.1 Å². The molecule has 1 aliphatic carbocycles. The number of benzene rings is 2. The van der Waals surface area contributed by atoms with Gasteiger partial charge in [0, 0.05) is 5.92 Å². The van der Waals surface area contributed by atoms with Crippen molar-refractivity contribution in [1.82, 2.24) is 4.90 Å². The summed E-state index contributed by atoms with van der Waals surface area (Å²) in [6.45, 7) is -0.239. The van der Waals surface area contributed by atoms with E-state index in [1.54, 1.807) is 0 Å². The van der Waals surface area contributed by atoms with Crippen molar-refractivity contribution in [2.75, 3.05) is 13.2 Å². The molecule has 0 aromatic heterocycles. The number of hydrogen-bond acceptors (Lipinski definition) is 5. The Labute approximate surface area is 155 Å². The van der Waals surface area contributed by atoms with Crippen molar-refractivity contribution in [3.05, 3.63) is 59.7 Å². The summed E-state index contributed by atoms with van der Waals surface area (Å²) in [7, 11) is 0. The van der Waals surface area contributed by atoms with E-state index in [9.17, 15) is 24.9 Å². The third-order valence-electron chi connectivity index (χ3n) is 5.26. The van der Waals surface area contributed by atoms with Gasteiger partial charge in [-0.15, -0.1) is 0 Å². The molecule has 7 heteroatoms. The minimum Gasteiger partial charge on any atom is -0.480 e. The molecular formula is C20H19NO6. The number of β-amino-alcohol motifs (C(OH)–C–C–N with tert-alkyl or cyclic N) is 1. The van der Waals surface area contributed by atoms with Gasteiger partial charge < -0.3 is 20.1 Å². The molecule has 2 aliphatic rings. The number of aliphatic hydroxyl groups is 2. The van der Waals surface area contributed by atoms with Crippen molar-refractivity contribution in [1.29, 1.82) is 0 Å². The van der Waals surface area contributed by atoms with Crippen LogP contribution in [0, 0.1) is 0 Å². The van der Waals surface area contributed by atoms with E-state index < -0.39 is 30.3 Å². The van der Waals surface area contributed by atoms with Crippen molar-refractivity contribution in [2.45, 2.75) is 24.2 Å². The molecule has 1 amide bonds. The lowest BCUT2D eigenvalue weighted by Crippen LogP contribution is -2.45. The molecule has 2 aromatic carbocycles. The van der Waals surface area contributed by atoms with Gasteiger partial charge in [-0.1, -0.05) is 48.5 Å². The zero-order valence-electron chi connectivity index (χ0n) is 14.4. The SMILES string of the molecule is O=C(O)[C@H]1[C@H](O)[C@H](O)CN1C(=O)OCC1c2ccccc2-c2ccccc21. The summed E-state index contributed by atoms with van der Waals surface area (Å²) in [5, 5.41) is 28.8. The van der Waals surface area contributed by atoms with Gasteiger partial charge in [0.2, 0.25) is 0 Å². The Morgan fingerprint density at radius 3 is 2.11 bits per heavy atom. The number of aliphatic carboxylic acids is 1. The molecule has 0 spiro atoms. The third kappa shape index (κ3) is 2.85. The fraction of sp³-hybridized carbons (Fsp3) is 0.300. The fourth-order valence-corrected chi connectivity index (χ4v) is 3.96. The number of fused-ring (bicyclic) bond motifs is 3. The Hall–Kier alpha value is -2.90. The van der Waals surface area contributed by atoms with Gasteiger partial charge in [0.25, 0.3) is 0 Å². The summed E-state index contributed by atoms with van der Waals surface area (Å²) in [5.74, 6) is -1.53. The first-order valence-electron chi connectivity index (χ1n) is 8.69. The van der Waals surface area contributed by atoms with Crippen LogP contribution >= 0.6 is 0 Å². The van der Waals surface area contributed by atoms with E-state index in [1.165, 1.54) is 0 Å². The lowest BCUT2D eigenvalue weighted by Gasteiger charge is -2.23. The van der Waals surface area contributed by atoms with Crippen molar-refractivity contribution in [2.24, 2.45) is 0 Å². The van der Waals surface area contributed by atoms with Crippen LogP contribution < -0.4 is 0 Å². The molecular weight excluding hydrogens is 350 g/mol. The predicted molar refractivity (Wildman–Crippen MR) is 95.2 cm³/mol. The molecule has 0 bridgehead atoms. The lowest BCUT2D eigenvalue weighted by atomic mass is 9.98. The average Bonchev–Trinajstić information content (AvgIpc) is 3.15. The van der Waals surface area contributed by atoms with E-state index in [2.05, 4.69) is 0 Å². The normalized spacial score (nSPS) is 23.8. The minimum atomic E-state index is -1.54. The second kappa shape index (κ2) is 6.68. The molecule has 27 heavy (non-hydrogen) atoms. The maximum absolute atomic E-state index is 12.5. The fourth-order valence-electron chi connectivity index (χ4n) is 3.96. The van der Waals surface area contributed by atoms with Crippen LogP contribution in [0.5, 0.6) is 0 Å². The van der Waals surface area contributed by atoms with Gasteiger partial charge in [0.15, 0.2) is 6.04 Å². The lowest BCUT2D eigenvalue weighted by molar-refractivity contribution is -0.145. The van der Waals surface area contributed by atoms with Crippen molar-refractivity contribution in [3.63, 3.8) is 0 Å². The number of likely N-dealkylation sites (tertiary alicyclic amines) is 1. The number of amides is 1. The van der Waals surface area contributed by atoms with Crippen LogP contribution in [-0.4, -0.2) is 63.7 Å². The molecule has 0 radical (unpaired) electrons. The van der Waals surface area contributed by atoms with Crippen LogP contribution in [0.15, 0.2) is 48.5 Å². The van der Waals surface area contributed by atoms with Gasteiger partial charge >= 0.3 is 12.1 Å². The maximum atomic E-state index is 12.5. The molecule has 0 unspecified atom stereocenters. The number of carbonyl (C=O) groups excluding carboxylic acids is 1. The first-order valence-corrected chi connectivity index (χ1v) is 8.69. The zero-order chi connectivity index (χ0) is 19.1. The molecule has 4 rings (SSSR count). The quantitative estimate of drug-likeness (QED) is 0.755. The number of aliphatic hydroxyl groups excluding tert-OH is 2.